The zero-order valence-corrected chi connectivity index (χ0v) is 9.61. The molecule has 1 unspecified atom stereocenters. The first kappa shape index (κ1) is 10.7. The third-order valence-electron chi connectivity index (χ3n) is 3.84. The van der Waals surface area contributed by atoms with E-state index in [1.807, 2.05) is 13.0 Å². The van der Waals surface area contributed by atoms with Crippen LogP contribution < -0.4 is 0 Å². The van der Waals surface area contributed by atoms with Crippen LogP contribution in [-0.2, 0) is 4.79 Å². The number of nitrogens with zero attached hydrogens (tertiary/aromatic N) is 1. The lowest BCUT2D eigenvalue weighted by Gasteiger charge is -2.28. The molecule has 1 saturated heterocycles. The van der Waals surface area contributed by atoms with E-state index in [9.17, 15) is 4.79 Å². The standard InChI is InChI=1S/C13H21NO/c1-2-6-13(15)14-10-5-9-12(14)11-7-3-4-8-11/h2,6,11-12H,3-5,7-10H2,1H3. The fraction of sp³-hybridized carbons (Fsp3) is 0.769. The lowest BCUT2D eigenvalue weighted by molar-refractivity contribution is -0.127. The molecular weight excluding hydrogens is 186 g/mol. The molecule has 1 amide bonds. The van der Waals surface area contributed by atoms with E-state index < -0.39 is 0 Å². The predicted octanol–water partition coefficient (Wildman–Crippen LogP) is 2.74. The van der Waals surface area contributed by atoms with Crippen LogP contribution >= 0.6 is 0 Å². The van der Waals surface area contributed by atoms with Crippen LogP contribution in [0.3, 0.4) is 0 Å². The molecule has 2 fully saturated rings. The van der Waals surface area contributed by atoms with E-state index in [1.54, 1.807) is 6.08 Å². The minimum absolute atomic E-state index is 0.229. The fourth-order valence-corrected chi connectivity index (χ4v) is 3.14. The van der Waals surface area contributed by atoms with Gasteiger partial charge in [-0.25, -0.2) is 0 Å². The van der Waals surface area contributed by atoms with Gasteiger partial charge in [0.25, 0.3) is 0 Å². The molecule has 0 spiro atoms. The number of allylic oxidation sites excluding steroid dienone is 1. The van der Waals surface area contributed by atoms with Crippen molar-refractivity contribution in [3.8, 4) is 0 Å². The number of carbonyl (C=O) groups excluding carboxylic acids is 1. The van der Waals surface area contributed by atoms with Gasteiger partial charge in [-0.2, -0.15) is 0 Å². The molecule has 2 heteroatoms. The van der Waals surface area contributed by atoms with Gasteiger partial charge in [-0.05, 0) is 44.6 Å². The van der Waals surface area contributed by atoms with Gasteiger partial charge in [0.15, 0.2) is 0 Å². The van der Waals surface area contributed by atoms with Crippen LogP contribution in [-0.4, -0.2) is 23.4 Å². The maximum atomic E-state index is 11.9. The van der Waals surface area contributed by atoms with Crippen LogP contribution in [0.25, 0.3) is 0 Å². The zero-order chi connectivity index (χ0) is 10.7. The second kappa shape index (κ2) is 4.82. The third-order valence-corrected chi connectivity index (χ3v) is 3.84. The predicted molar refractivity (Wildman–Crippen MR) is 61.5 cm³/mol. The number of hydrogen-bond acceptors (Lipinski definition) is 1. The molecule has 0 aromatic carbocycles. The summed E-state index contributed by atoms with van der Waals surface area (Å²) >= 11 is 0. The molecule has 2 aliphatic rings. The monoisotopic (exact) mass is 207 g/mol. The Hall–Kier alpha value is -0.790. The van der Waals surface area contributed by atoms with E-state index in [1.165, 1.54) is 38.5 Å². The first-order chi connectivity index (χ1) is 7.33. The van der Waals surface area contributed by atoms with E-state index in [0.29, 0.717) is 6.04 Å². The van der Waals surface area contributed by atoms with E-state index in [0.717, 1.165) is 12.5 Å². The summed E-state index contributed by atoms with van der Waals surface area (Å²) in [5.74, 6) is 1.02. The summed E-state index contributed by atoms with van der Waals surface area (Å²) in [7, 11) is 0. The Kier molecular flexibility index (Phi) is 3.45. The topological polar surface area (TPSA) is 20.3 Å². The quantitative estimate of drug-likeness (QED) is 0.638. The molecule has 1 heterocycles. The molecule has 2 nitrogen and oxygen atoms in total. The molecule has 84 valence electrons. The minimum Gasteiger partial charge on any atom is -0.336 e. The van der Waals surface area contributed by atoms with Crippen LogP contribution in [0.1, 0.15) is 45.4 Å². The van der Waals surface area contributed by atoms with E-state index in [4.69, 9.17) is 0 Å². The Labute approximate surface area is 92.3 Å². The summed E-state index contributed by atoms with van der Waals surface area (Å²) in [5, 5.41) is 0. The van der Waals surface area contributed by atoms with Gasteiger partial charge in [-0.15, -0.1) is 0 Å². The van der Waals surface area contributed by atoms with Gasteiger partial charge in [0.2, 0.25) is 5.91 Å². The molecule has 1 aliphatic carbocycles. The van der Waals surface area contributed by atoms with Gasteiger partial charge >= 0.3 is 0 Å². The van der Waals surface area contributed by atoms with Gasteiger partial charge in [0.05, 0.1) is 0 Å². The second-order valence-electron chi connectivity index (χ2n) is 4.79. The molecular formula is C13H21NO. The Morgan fingerprint density at radius 1 is 1.20 bits per heavy atom. The van der Waals surface area contributed by atoms with Crippen molar-refractivity contribution in [3.05, 3.63) is 12.2 Å². The summed E-state index contributed by atoms with van der Waals surface area (Å²) in [5.41, 5.74) is 0. The molecule has 0 aromatic heterocycles. The molecule has 0 N–H and O–H groups in total. The first-order valence-electron chi connectivity index (χ1n) is 6.26. The van der Waals surface area contributed by atoms with Crippen molar-refractivity contribution in [1.82, 2.24) is 4.90 Å². The molecule has 1 saturated carbocycles. The SMILES string of the molecule is CC=CC(=O)N1CCCC1C1CCCC1. The van der Waals surface area contributed by atoms with Crippen LogP contribution in [0.4, 0.5) is 0 Å². The molecule has 0 bridgehead atoms. The molecule has 0 aromatic rings. The van der Waals surface area contributed by atoms with Crippen LogP contribution in [0.15, 0.2) is 12.2 Å². The highest BCUT2D eigenvalue weighted by molar-refractivity contribution is 5.88. The molecule has 0 radical (unpaired) electrons. The second-order valence-corrected chi connectivity index (χ2v) is 4.79. The highest BCUT2D eigenvalue weighted by Crippen LogP contribution is 2.35. The van der Waals surface area contributed by atoms with Crippen molar-refractivity contribution in [2.75, 3.05) is 6.54 Å². The molecule has 1 aliphatic heterocycles. The van der Waals surface area contributed by atoms with Crippen LogP contribution in [0.2, 0.25) is 0 Å². The van der Waals surface area contributed by atoms with E-state index in [2.05, 4.69) is 4.90 Å². The Morgan fingerprint density at radius 3 is 2.60 bits per heavy atom. The minimum atomic E-state index is 0.229. The number of carbonyl (C=O) groups is 1. The summed E-state index contributed by atoms with van der Waals surface area (Å²) in [6, 6.07) is 0.552. The summed E-state index contributed by atoms with van der Waals surface area (Å²) in [6.07, 6.45) is 11.4. The van der Waals surface area contributed by atoms with Crippen molar-refractivity contribution in [3.63, 3.8) is 0 Å². The smallest absolute Gasteiger partial charge is 0.246 e. The maximum Gasteiger partial charge on any atom is 0.246 e. The lowest BCUT2D eigenvalue weighted by atomic mass is 9.96. The number of amides is 1. The van der Waals surface area contributed by atoms with Gasteiger partial charge in [-0.3, -0.25) is 4.79 Å². The average Bonchev–Trinajstić information content (AvgIpc) is 2.88. The Morgan fingerprint density at radius 2 is 1.93 bits per heavy atom. The third kappa shape index (κ3) is 2.24. The summed E-state index contributed by atoms with van der Waals surface area (Å²) in [6.45, 7) is 2.89. The van der Waals surface area contributed by atoms with Crippen molar-refractivity contribution in [2.45, 2.75) is 51.5 Å². The van der Waals surface area contributed by atoms with Crippen molar-refractivity contribution in [1.29, 1.82) is 0 Å². The average molecular weight is 207 g/mol. The largest absolute Gasteiger partial charge is 0.336 e. The highest BCUT2D eigenvalue weighted by atomic mass is 16.2. The van der Waals surface area contributed by atoms with Gasteiger partial charge in [0.1, 0.15) is 0 Å². The summed E-state index contributed by atoms with van der Waals surface area (Å²) in [4.78, 5) is 14.0. The molecule has 1 atom stereocenters. The van der Waals surface area contributed by atoms with Crippen LogP contribution in [0.5, 0.6) is 0 Å². The lowest BCUT2D eigenvalue weighted by Crippen LogP contribution is -2.38. The first-order valence-corrected chi connectivity index (χ1v) is 6.26. The van der Waals surface area contributed by atoms with Crippen molar-refractivity contribution >= 4 is 5.91 Å². The molecule has 15 heavy (non-hydrogen) atoms. The Bertz CT molecular complexity index is 253. The highest BCUT2D eigenvalue weighted by Gasteiger charge is 2.34. The van der Waals surface area contributed by atoms with Crippen molar-refractivity contribution in [2.24, 2.45) is 5.92 Å². The van der Waals surface area contributed by atoms with E-state index >= 15 is 0 Å². The normalized spacial score (nSPS) is 28.1. The van der Waals surface area contributed by atoms with Gasteiger partial charge in [0, 0.05) is 12.6 Å². The van der Waals surface area contributed by atoms with Crippen molar-refractivity contribution < 1.29 is 4.79 Å². The van der Waals surface area contributed by atoms with Crippen LogP contribution in [0, 0.1) is 5.92 Å². The summed E-state index contributed by atoms with van der Waals surface area (Å²) < 4.78 is 0. The number of likely N-dealkylation sites (tertiary alicyclic amines) is 1. The van der Waals surface area contributed by atoms with E-state index in [-0.39, 0.29) is 5.91 Å². The van der Waals surface area contributed by atoms with Gasteiger partial charge < -0.3 is 4.90 Å². The van der Waals surface area contributed by atoms with Gasteiger partial charge in [-0.1, -0.05) is 18.9 Å². The zero-order valence-electron chi connectivity index (χ0n) is 9.61. The fourth-order valence-electron chi connectivity index (χ4n) is 3.14. The maximum absolute atomic E-state index is 11.9. The Balaban J connectivity index is 2.00. The molecule has 2 rings (SSSR count). The number of rotatable bonds is 2. The number of hydrogen-bond donors (Lipinski definition) is 0.